The zero-order chi connectivity index (χ0) is 18.2. The zero-order valence-corrected chi connectivity index (χ0v) is 15.5. The van der Waals surface area contributed by atoms with Gasteiger partial charge in [0.05, 0.1) is 11.3 Å². The van der Waals surface area contributed by atoms with Gasteiger partial charge < -0.3 is 16.8 Å². The van der Waals surface area contributed by atoms with Crippen LogP contribution in [0.2, 0.25) is 0 Å². The normalized spacial score (nSPS) is 11.7. The minimum atomic E-state index is -0.329. The Morgan fingerprint density at radius 1 is 1.42 bits per heavy atom. The molecule has 0 aromatic carbocycles. The van der Waals surface area contributed by atoms with Gasteiger partial charge in [0.1, 0.15) is 21.6 Å². The molecule has 128 valence electrons. The molecule has 1 amide bonds. The van der Waals surface area contributed by atoms with Gasteiger partial charge in [0.2, 0.25) is 0 Å². The number of hydrogen-bond acceptors (Lipinski definition) is 6. The lowest BCUT2D eigenvalue weighted by molar-refractivity contribution is 0.0916. The Morgan fingerprint density at radius 3 is 2.54 bits per heavy atom. The molecule has 24 heavy (non-hydrogen) atoms. The van der Waals surface area contributed by atoms with Crippen LogP contribution in [0.15, 0.2) is 0 Å². The van der Waals surface area contributed by atoms with Crippen molar-refractivity contribution in [2.75, 3.05) is 11.5 Å². The van der Waals surface area contributed by atoms with Crippen molar-refractivity contribution >= 4 is 39.0 Å². The second-order valence-corrected chi connectivity index (χ2v) is 7.77. The molecule has 0 unspecified atom stereocenters. The number of carbonyl (C=O) groups is 1. The van der Waals surface area contributed by atoms with Crippen LogP contribution >= 0.6 is 11.3 Å². The zero-order valence-electron chi connectivity index (χ0n) is 14.7. The number of carbonyl (C=O) groups excluding carboxylic acids is 1. The first kappa shape index (κ1) is 18.0. The summed E-state index contributed by atoms with van der Waals surface area (Å²) in [6.07, 6.45) is 0.796. The predicted molar refractivity (Wildman–Crippen MR) is 99.1 cm³/mol. The Kier molecular flexibility index (Phi) is 4.72. The average Bonchev–Trinajstić information content (AvgIpc) is 2.81. The minimum absolute atomic E-state index is 0.0346. The van der Waals surface area contributed by atoms with Gasteiger partial charge in [0.15, 0.2) is 0 Å². The number of nitriles is 1. The summed E-state index contributed by atoms with van der Waals surface area (Å²) in [7, 11) is 0. The number of aromatic nitrogens is 1. The van der Waals surface area contributed by atoms with E-state index in [4.69, 9.17) is 11.5 Å². The fraction of sp³-hybridized carbons (Fsp3) is 0.471. The van der Waals surface area contributed by atoms with Crippen LogP contribution in [0, 0.1) is 11.3 Å². The van der Waals surface area contributed by atoms with Crippen LogP contribution in [0.4, 0.5) is 11.5 Å². The largest absolute Gasteiger partial charge is 0.397 e. The Hall–Kier alpha value is -2.33. The van der Waals surface area contributed by atoms with Gasteiger partial charge in [0, 0.05) is 10.9 Å². The molecular weight excluding hydrogens is 322 g/mol. The van der Waals surface area contributed by atoms with Crippen molar-refractivity contribution < 1.29 is 4.79 Å². The maximum absolute atomic E-state index is 12.6. The monoisotopic (exact) mass is 345 g/mol. The quantitative estimate of drug-likeness (QED) is 0.785. The van der Waals surface area contributed by atoms with Gasteiger partial charge in [-0.3, -0.25) is 4.79 Å². The molecule has 0 bridgehead atoms. The molecule has 0 aliphatic rings. The van der Waals surface area contributed by atoms with Crippen LogP contribution in [0.3, 0.4) is 0 Å². The number of hydrogen-bond donors (Lipinski definition) is 3. The lowest BCUT2D eigenvalue weighted by atomic mass is 9.95. The van der Waals surface area contributed by atoms with Gasteiger partial charge in [-0.2, -0.15) is 5.26 Å². The first-order chi connectivity index (χ1) is 11.1. The van der Waals surface area contributed by atoms with Gasteiger partial charge in [-0.05, 0) is 31.7 Å². The van der Waals surface area contributed by atoms with E-state index in [9.17, 15) is 10.1 Å². The summed E-state index contributed by atoms with van der Waals surface area (Å²) in [5, 5.41) is 13.1. The smallest absolute Gasteiger partial charge is 0.263 e. The van der Waals surface area contributed by atoms with Crippen molar-refractivity contribution in [3.8, 4) is 6.07 Å². The number of nitrogen functional groups attached to an aromatic ring is 2. The molecule has 0 atom stereocenters. The van der Waals surface area contributed by atoms with Gasteiger partial charge in [-0.15, -0.1) is 11.3 Å². The fourth-order valence-electron chi connectivity index (χ4n) is 2.51. The molecule has 0 radical (unpaired) electrons. The van der Waals surface area contributed by atoms with E-state index in [1.165, 1.54) is 11.3 Å². The van der Waals surface area contributed by atoms with Crippen molar-refractivity contribution in [1.82, 2.24) is 10.3 Å². The number of nitrogens with one attached hydrogen (secondary N) is 1. The number of nitrogens with two attached hydrogens (primary N) is 2. The molecule has 5 N–H and O–H groups in total. The molecule has 0 spiro atoms. The van der Waals surface area contributed by atoms with Gasteiger partial charge in [-0.25, -0.2) is 4.98 Å². The highest BCUT2D eigenvalue weighted by Gasteiger charge is 2.27. The van der Waals surface area contributed by atoms with Crippen molar-refractivity contribution in [1.29, 1.82) is 5.26 Å². The van der Waals surface area contributed by atoms with Crippen LogP contribution in [-0.4, -0.2) is 16.4 Å². The Labute approximate surface area is 145 Å². The molecule has 7 heteroatoms. The van der Waals surface area contributed by atoms with E-state index in [0.29, 0.717) is 26.3 Å². The topological polar surface area (TPSA) is 118 Å². The lowest BCUT2D eigenvalue weighted by Gasteiger charge is -2.24. The van der Waals surface area contributed by atoms with Crippen LogP contribution < -0.4 is 16.8 Å². The van der Waals surface area contributed by atoms with Crippen LogP contribution in [0.5, 0.6) is 0 Å². The first-order valence-corrected chi connectivity index (χ1v) is 8.68. The van der Waals surface area contributed by atoms with Crippen LogP contribution in [0.25, 0.3) is 10.2 Å². The summed E-state index contributed by atoms with van der Waals surface area (Å²) >= 11 is 1.21. The summed E-state index contributed by atoms with van der Waals surface area (Å²) in [4.78, 5) is 17.9. The summed E-state index contributed by atoms with van der Waals surface area (Å²) in [5.74, 6) is -0.0164. The van der Waals surface area contributed by atoms with Crippen molar-refractivity contribution in [2.45, 2.75) is 52.5 Å². The number of nitrogens with zero attached hydrogens (tertiary/aromatic N) is 2. The average molecular weight is 345 g/mol. The molecule has 2 aromatic rings. The second kappa shape index (κ2) is 6.29. The number of thiophene rings is 1. The summed E-state index contributed by atoms with van der Waals surface area (Å²) < 4.78 is 0. The molecular formula is C17H23N5OS. The van der Waals surface area contributed by atoms with Gasteiger partial charge in [0.25, 0.3) is 5.91 Å². The number of rotatable bonds is 4. The fourth-order valence-corrected chi connectivity index (χ4v) is 3.53. The molecule has 0 aliphatic carbocycles. The van der Waals surface area contributed by atoms with Crippen LogP contribution in [0.1, 0.15) is 67.8 Å². The van der Waals surface area contributed by atoms with E-state index >= 15 is 0 Å². The summed E-state index contributed by atoms with van der Waals surface area (Å²) in [6.45, 7) is 9.85. The van der Waals surface area contributed by atoms with Crippen molar-refractivity contribution in [3.05, 3.63) is 16.0 Å². The number of fused-ring (bicyclic) bond motifs is 1. The maximum Gasteiger partial charge on any atom is 0.263 e. The predicted octanol–water partition coefficient (Wildman–Crippen LogP) is 3.37. The van der Waals surface area contributed by atoms with Gasteiger partial charge >= 0.3 is 0 Å². The summed E-state index contributed by atoms with van der Waals surface area (Å²) in [5.41, 5.74) is 13.3. The number of amides is 1. The van der Waals surface area contributed by atoms with E-state index in [0.717, 1.165) is 12.0 Å². The molecule has 2 aromatic heterocycles. The number of anilines is 2. The van der Waals surface area contributed by atoms with E-state index in [-0.39, 0.29) is 23.2 Å². The molecule has 6 nitrogen and oxygen atoms in total. The maximum atomic E-state index is 12.6. The standard InChI is InChI=1S/C17H23N5OS/c1-6-17(4,5)22-15(23)13-12(19)11-10(8(2)3)9(7-18)14(20)21-16(11)24-13/h8H,6,19H2,1-5H3,(H2,20,21)(H,22,23). The van der Waals surface area contributed by atoms with E-state index in [1.807, 2.05) is 34.6 Å². The second-order valence-electron chi connectivity index (χ2n) is 6.77. The third kappa shape index (κ3) is 3.02. The SMILES string of the molecule is CCC(C)(C)NC(=O)c1sc2nc(N)c(C#N)c(C(C)C)c2c1N. The van der Waals surface area contributed by atoms with Crippen molar-refractivity contribution in [3.63, 3.8) is 0 Å². The van der Waals surface area contributed by atoms with Crippen molar-refractivity contribution in [2.24, 2.45) is 0 Å². The Morgan fingerprint density at radius 2 is 2.04 bits per heavy atom. The van der Waals surface area contributed by atoms with E-state index in [1.54, 1.807) is 0 Å². The van der Waals surface area contributed by atoms with Crippen LogP contribution in [-0.2, 0) is 0 Å². The molecule has 0 aliphatic heterocycles. The molecule has 0 saturated heterocycles. The minimum Gasteiger partial charge on any atom is -0.397 e. The Bertz CT molecular complexity index is 845. The van der Waals surface area contributed by atoms with Gasteiger partial charge in [-0.1, -0.05) is 20.8 Å². The highest BCUT2D eigenvalue weighted by Crippen LogP contribution is 2.40. The van der Waals surface area contributed by atoms with E-state index in [2.05, 4.69) is 16.4 Å². The third-order valence-corrected chi connectivity index (χ3v) is 5.27. The first-order valence-electron chi connectivity index (χ1n) is 7.86. The third-order valence-electron chi connectivity index (χ3n) is 4.17. The summed E-state index contributed by atoms with van der Waals surface area (Å²) in [6, 6.07) is 2.11. The molecule has 0 saturated carbocycles. The van der Waals surface area contributed by atoms with E-state index < -0.39 is 0 Å². The highest BCUT2D eigenvalue weighted by molar-refractivity contribution is 7.21. The molecule has 2 rings (SSSR count). The molecule has 2 heterocycles. The lowest BCUT2D eigenvalue weighted by Crippen LogP contribution is -2.42. The Balaban J connectivity index is 2.69. The highest BCUT2D eigenvalue weighted by atomic mass is 32.1. The molecule has 0 fully saturated rings. The number of pyridine rings is 1.